The average molecular weight is 314 g/mol. The molecule has 2 aromatic rings. The summed E-state index contributed by atoms with van der Waals surface area (Å²) in [4.78, 5) is 5.34. The molecule has 0 aliphatic rings. The maximum Gasteiger partial charge on any atom is 0.389 e. The van der Waals surface area contributed by atoms with Gasteiger partial charge < -0.3 is 5.32 Å². The van der Waals surface area contributed by atoms with Gasteiger partial charge in [-0.2, -0.15) is 13.2 Å². The van der Waals surface area contributed by atoms with Gasteiger partial charge in [-0.1, -0.05) is 37.3 Å². The van der Waals surface area contributed by atoms with Crippen LogP contribution in [-0.2, 0) is 13.0 Å². The number of halogens is 3. The second-order valence-corrected chi connectivity index (χ2v) is 5.73. The highest BCUT2D eigenvalue weighted by molar-refractivity contribution is 7.15. The number of nitrogens with one attached hydrogen (secondary N) is 1. The van der Waals surface area contributed by atoms with Crippen molar-refractivity contribution in [2.24, 2.45) is 0 Å². The van der Waals surface area contributed by atoms with Crippen molar-refractivity contribution in [1.82, 2.24) is 10.3 Å². The summed E-state index contributed by atoms with van der Waals surface area (Å²) in [5.41, 5.74) is 1.83. The van der Waals surface area contributed by atoms with Crippen LogP contribution < -0.4 is 5.32 Å². The lowest BCUT2D eigenvalue weighted by Gasteiger charge is -2.03. The number of rotatable bonds is 6. The minimum Gasteiger partial charge on any atom is -0.311 e. The fraction of sp³-hybridized carbons (Fsp3) is 0.400. The molecule has 0 spiro atoms. The van der Waals surface area contributed by atoms with Gasteiger partial charge in [-0.25, -0.2) is 4.98 Å². The average Bonchev–Trinajstić information content (AvgIpc) is 2.86. The number of alkyl halides is 3. The molecule has 2 rings (SSSR count). The third-order valence-corrected chi connectivity index (χ3v) is 4.15. The molecule has 0 radical (unpaired) electrons. The van der Waals surface area contributed by atoms with Gasteiger partial charge in [0.05, 0.1) is 15.6 Å². The fourth-order valence-electron chi connectivity index (χ4n) is 1.93. The van der Waals surface area contributed by atoms with E-state index < -0.39 is 12.6 Å². The first kappa shape index (κ1) is 16.0. The van der Waals surface area contributed by atoms with Crippen molar-refractivity contribution in [2.75, 3.05) is 6.54 Å². The van der Waals surface area contributed by atoms with Crippen LogP contribution in [0.5, 0.6) is 0 Å². The molecule has 0 aliphatic carbocycles. The van der Waals surface area contributed by atoms with E-state index in [1.165, 1.54) is 11.3 Å². The topological polar surface area (TPSA) is 24.9 Å². The molecule has 0 amide bonds. The van der Waals surface area contributed by atoms with Crippen molar-refractivity contribution < 1.29 is 13.2 Å². The first-order chi connectivity index (χ1) is 9.99. The van der Waals surface area contributed by atoms with Crippen molar-refractivity contribution in [3.05, 3.63) is 41.0 Å². The maximum absolute atomic E-state index is 12.3. The van der Waals surface area contributed by atoms with Crippen LogP contribution in [0.2, 0.25) is 0 Å². The zero-order valence-electron chi connectivity index (χ0n) is 11.7. The monoisotopic (exact) mass is 314 g/mol. The van der Waals surface area contributed by atoms with Crippen LogP contribution >= 0.6 is 11.3 Å². The van der Waals surface area contributed by atoms with Gasteiger partial charge in [0.15, 0.2) is 0 Å². The Morgan fingerprint density at radius 1 is 1.19 bits per heavy atom. The molecule has 1 N–H and O–H groups in total. The Labute approximate surface area is 126 Å². The van der Waals surface area contributed by atoms with Crippen LogP contribution in [-0.4, -0.2) is 17.7 Å². The lowest BCUT2D eigenvalue weighted by Crippen LogP contribution is -2.13. The van der Waals surface area contributed by atoms with Crippen LogP contribution in [0.25, 0.3) is 10.4 Å². The third kappa shape index (κ3) is 4.82. The summed E-state index contributed by atoms with van der Waals surface area (Å²) < 4.78 is 37.0. The van der Waals surface area contributed by atoms with Crippen molar-refractivity contribution in [2.45, 2.75) is 32.5 Å². The Kier molecular flexibility index (Phi) is 5.36. The Morgan fingerprint density at radius 3 is 2.52 bits per heavy atom. The minimum atomic E-state index is -4.14. The Balaban J connectivity index is 2.23. The number of aromatic nitrogens is 1. The molecule has 6 heteroatoms. The van der Waals surface area contributed by atoms with Gasteiger partial charge in [-0.3, -0.25) is 0 Å². The molecule has 1 heterocycles. The predicted octanol–water partition coefficient (Wildman–Crippen LogP) is 4.41. The van der Waals surface area contributed by atoms with E-state index in [-0.39, 0.29) is 6.42 Å². The predicted molar refractivity (Wildman–Crippen MR) is 79.3 cm³/mol. The van der Waals surface area contributed by atoms with Crippen molar-refractivity contribution in [1.29, 1.82) is 0 Å². The molecule has 0 atom stereocenters. The Morgan fingerprint density at radius 2 is 1.90 bits per heavy atom. The SMILES string of the molecule is CCNCc1nc(CCC(F)(F)F)sc1-c1ccccc1. The zero-order valence-corrected chi connectivity index (χ0v) is 12.5. The lowest BCUT2D eigenvalue weighted by molar-refractivity contribution is -0.134. The summed E-state index contributed by atoms with van der Waals surface area (Å²) in [6.45, 7) is 3.35. The molecule has 0 bridgehead atoms. The standard InChI is InChI=1S/C15H17F3N2S/c1-2-19-10-12-14(11-6-4-3-5-7-11)21-13(20-12)8-9-15(16,17)18/h3-7,19H,2,8-10H2,1H3. The van der Waals surface area contributed by atoms with Gasteiger partial charge in [-0.15, -0.1) is 11.3 Å². The van der Waals surface area contributed by atoms with E-state index in [1.807, 2.05) is 37.3 Å². The highest BCUT2D eigenvalue weighted by Gasteiger charge is 2.27. The van der Waals surface area contributed by atoms with Crippen molar-refractivity contribution in [3.8, 4) is 10.4 Å². The van der Waals surface area contributed by atoms with Gasteiger partial charge in [0.25, 0.3) is 0 Å². The second-order valence-electron chi connectivity index (χ2n) is 4.64. The van der Waals surface area contributed by atoms with Crippen molar-refractivity contribution >= 4 is 11.3 Å². The molecule has 0 fully saturated rings. The Bertz CT molecular complexity index is 564. The molecule has 0 saturated carbocycles. The third-order valence-electron chi connectivity index (χ3n) is 2.94. The largest absolute Gasteiger partial charge is 0.389 e. The molecule has 114 valence electrons. The molecule has 0 saturated heterocycles. The van der Waals surface area contributed by atoms with Crippen LogP contribution in [0.4, 0.5) is 13.2 Å². The highest BCUT2D eigenvalue weighted by Crippen LogP contribution is 2.32. The number of hydrogen-bond acceptors (Lipinski definition) is 3. The summed E-state index contributed by atoms with van der Waals surface area (Å²) in [7, 11) is 0. The quantitative estimate of drug-likeness (QED) is 0.854. The summed E-state index contributed by atoms with van der Waals surface area (Å²) in [5, 5.41) is 3.72. The normalized spacial score (nSPS) is 11.8. The van der Waals surface area contributed by atoms with E-state index >= 15 is 0 Å². The molecular weight excluding hydrogens is 297 g/mol. The molecule has 0 aliphatic heterocycles. The summed E-state index contributed by atoms with van der Waals surface area (Å²) in [6, 6.07) is 9.66. The first-order valence-corrected chi connectivity index (χ1v) is 7.62. The van der Waals surface area contributed by atoms with Crippen LogP contribution in [0.3, 0.4) is 0 Å². The number of nitrogens with zero attached hydrogens (tertiary/aromatic N) is 1. The van der Waals surface area contributed by atoms with E-state index in [1.54, 1.807) is 0 Å². The van der Waals surface area contributed by atoms with Gasteiger partial charge in [0.2, 0.25) is 0 Å². The smallest absolute Gasteiger partial charge is 0.311 e. The lowest BCUT2D eigenvalue weighted by atomic mass is 10.1. The van der Waals surface area contributed by atoms with Crippen molar-refractivity contribution in [3.63, 3.8) is 0 Å². The van der Waals surface area contributed by atoms with Crippen LogP contribution in [0.1, 0.15) is 24.0 Å². The van der Waals surface area contributed by atoms with Gasteiger partial charge >= 0.3 is 6.18 Å². The molecular formula is C15H17F3N2S. The molecule has 2 nitrogen and oxygen atoms in total. The van der Waals surface area contributed by atoms with Gasteiger partial charge in [0.1, 0.15) is 0 Å². The van der Waals surface area contributed by atoms with Gasteiger partial charge in [-0.05, 0) is 12.1 Å². The number of hydrogen-bond donors (Lipinski definition) is 1. The minimum absolute atomic E-state index is 0.0554. The molecule has 1 aromatic heterocycles. The summed E-state index contributed by atoms with van der Waals surface area (Å²) in [6.07, 6.45) is -5.02. The van der Waals surface area contributed by atoms with E-state index in [4.69, 9.17) is 0 Å². The van der Waals surface area contributed by atoms with E-state index in [0.29, 0.717) is 11.6 Å². The Hall–Kier alpha value is -1.40. The maximum atomic E-state index is 12.3. The molecule has 21 heavy (non-hydrogen) atoms. The molecule has 1 aromatic carbocycles. The number of benzene rings is 1. The molecule has 0 unspecified atom stereocenters. The first-order valence-electron chi connectivity index (χ1n) is 6.81. The fourth-order valence-corrected chi connectivity index (χ4v) is 3.02. The number of aryl methyl sites for hydroxylation is 1. The van der Waals surface area contributed by atoms with Crippen LogP contribution in [0, 0.1) is 0 Å². The second kappa shape index (κ2) is 7.04. The van der Waals surface area contributed by atoms with E-state index in [2.05, 4.69) is 10.3 Å². The van der Waals surface area contributed by atoms with Gasteiger partial charge in [0, 0.05) is 19.4 Å². The highest BCUT2D eigenvalue weighted by atomic mass is 32.1. The van der Waals surface area contributed by atoms with E-state index in [9.17, 15) is 13.2 Å². The van der Waals surface area contributed by atoms with E-state index in [0.717, 1.165) is 22.7 Å². The van der Waals surface area contributed by atoms with Crippen LogP contribution in [0.15, 0.2) is 30.3 Å². The number of thiazole rings is 1. The summed E-state index contributed by atoms with van der Waals surface area (Å²) in [5.74, 6) is 0. The summed E-state index contributed by atoms with van der Waals surface area (Å²) >= 11 is 1.35. The zero-order chi connectivity index (χ0) is 15.3.